The summed E-state index contributed by atoms with van der Waals surface area (Å²) >= 11 is 0. The van der Waals surface area contributed by atoms with E-state index in [9.17, 15) is 14.4 Å². The summed E-state index contributed by atoms with van der Waals surface area (Å²) in [5, 5.41) is 14.1. The molecule has 0 fully saturated rings. The van der Waals surface area contributed by atoms with Crippen molar-refractivity contribution >= 4 is 23.5 Å². The van der Waals surface area contributed by atoms with Gasteiger partial charge < -0.3 is 20.5 Å². The molecule has 0 aliphatic carbocycles. The summed E-state index contributed by atoms with van der Waals surface area (Å²) in [6.07, 6.45) is 2.89. The van der Waals surface area contributed by atoms with Crippen LogP contribution in [-0.4, -0.2) is 36.0 Å². The van der Waals surface area contributed by atoms with Crippen LogP contribution in [0, 0.1) is 6.92 Å². The van der Waals surface area contributed by atoms with Crippen molar-refractivity contribution in [2.45, 2.75) is 39.5 Å². The van der Waals surface area contributed by atoms with Crippen LogP contribution < -0.4 is 15.4 Å². The van der Waals surface area contributed by atoms with Gasteiger partial charge in [-0.05, 0) is 43.5 Å². The first-order valence-electron chi connectivity index (χ1n) is 7.88. The van der Waals surface area contributed by atoms with Crippen molar-refractivity contribution in [1.82, 2.24) is 5.32 Å². The molecule has 0 atom stereocenters. The summed E-state index contributed by atoms with van der Waals surface area (Å²) in [6.45, 7) is 3.53. The average Bonchev–Trinajstić information content (AvgIpc) is 2.50. The number of aliphatic carboxylic acids is 1. The molecule has 0 radical (unpaired) electrons. The standard InChI is InChI=1S/C17H24N2O5/c1-12-10-14(24-11-17(22)23)7-8-15(12)19-16(21)6-4-3-5-9-18-13(2)20/h7-8,10H,3-6,9,11H2,1-2H3,(H,18,20)(H,19,21)(H,22,23). The van der Waals surface area contributed by atoms with Crippen molar-refractivity contribution in [2.75, 3.05) is 18.5 Å². The Morgan fingerprint density at radius 2 is 1.92 bits per heavy atom. The highest BCUT2D eigenvalue weighted by atomic mass is 16.5. The van der Waals surface area contributed by atoms with Crippen molar-refractivity contribution in [3.8, 4) is 5.75 Å². The van der Waals surface area contributed by atoms with E-state index < -0.39 is 12.6 Å². The summed E-state index contributed by atoms with van der Waals surface area (Å²) in [5.74, 6) is -0.703. The minimum atomic E-state index is -1.04. The third kappa shape index (κ3) is 8.17. The van der Waals surface area contributed by atoms with E-state index >= 15 is 0 Å². The predicted octanol–water partition coefficient (Wildman–Crippen LogP) is 2.09. The Bertz CT molecular complexity index is 586. The lowest BCUT2D eigenvalue weighted by molar-refractivity contribution is -0.139. The number of carbonyl (C=O) groups excluding carboxylic acids is 2. The van der Waals surface area contributed by atoms with Gasteiger partial charge in [0.05, 0.1) is 0 Å². The maximum absolute atomic E-state index is 11.9. The first-order valence-corrected chi connectivity index (χ1v) is 7.88. The maximum atomic E-state index is 11.9. The van der Waals surface area contributed by atoms with E-state index in [0.29, 0.717) is 24.4 Å². The molecule has 3 N–H and O–H groups in total. The normalized spacial score (nSPS) is 10.1. The predicted molar refractivity (Wildman–Crippen MR) is 90.1 cm³/mol. The van der Waals surface area contributed by atoms with Crippen molar-refractivity contribution in [3.63, 3.8) is 0 Å². The lowest BCUT2D eigenvalue weighted by Crippen LogP contribution is -2.20. The molecule has 7 heteroatoms. The third-order valence-electron chi connectivity index (χ3n) is 3.29. The second kappa shape index (κ2) is 10.3. The molecular formula is C17H24N2O5. The minimum Gasteiger partial charge on any atom is -0.482 e. The molecule has 2 amide bonds. The molecule has 0 spiro atoms. The highest BCUT2D eigenvalue weighted by molar-refractivity contribution is 5.91. The Labute approximate surface area is 141 Å². The molecule has 1 aromatic rings. The van der Waals surface area contributed by atoms with Crippen LogP contribution in [-0.2, 0) is 14.4 Å². The van der Waals surface area contributed by atoms with Crippen LogP contribution in [0.15, 0.2) is 18.2 Å². The topological polar surface area (TPSA) is 105 Å². The molecule has 0 unspecified atom stereocenters. The van der Waals surface area contributed by atoms with E-state index in [-0.39, 0.29) is 11.8 Å². The van der Waals surface area contributed by atoms with Gasteiger partial charge in [-0.25, -0.2) is 4.79 Å². The summed E-state index contributed by atoms with van der Waals surface area (Å²) in [5.41, 5.74) is 1.48. The Morgan fingerprint density at radius 3 is 2.54 bits per heavy atom. The second-order valence-electron chi connectivity index (χ2n) is 5.50. The quantitative estimate of drug-likeness (QED) is 0.568. The fraction of sp³-hybridized carbons (Fsp3) is 0.471. The van der Waals surface area contributed by atoms with Crippen LogP contribution >= 0.6 is 0 Å². The molecular weight excluding hydrogens is 312 g/mol. The summed E-state index contributed by atoms with van der Waals surface area (Å²) in [7, 11) is 0. The average molecular weight is 336 g/mol. The number of amides is 2. The number of nitrogens with one attached hydrogen (secondary N) is 2. The zero-order chi connectivity index (χ0) is 17.9. The van der Waals surface area contributed by atoms with Crippen LogP contribution in [0.25, 0.3) is 0 Å². The van der Waals surface area contributed by atoms with E-state index in [1.165, 1.54) is 6.92 Å². The monoisotopic (exact) mass is 336 g/mol. The minimum absolute atomic E-state index is 0.0426. The number of carbonyl (C=O) groups is 3. The molecule has 0 heterocycles. The number of benzene rings is 1. The summed E-state index contributed by atoms with van der Waals surface area (Å²) in [6, 6.07) is 5.01. The van der Waals surface area contributed by atoms with Crippen LogP contribution in [0.4, 0.5) is 5.69 Å². The van der Waals surface area contributed by atoms with Gasteiger partial charge in [0.15, 0.2) is 6.61 Å². The maximum Gasteiger partial charge on any atom is 0.341 e. The summed E-state index contributed by atoms with van der Waals surface area (Å²) < 4.78 is 5.09. The van der Waals surface area contributed by atoms with Crippen LogP contribution in [0.1, 0.15) is 38.2 Å². The number of hydrogen-bond acceptors (Lipinski definition) is 4. The smallest absolute Gasteiger partial charge is 0.341 e. The lowest BCUT2D eigenvalue weighted by Gasteiger charge is -2.10. The zero-order valence-corrected chi connectivity index (χ0v) is 14.1. The van der Waals surface area contributed by atoms with Gasteiger partial charge in [-0.2, -0.15) is 0 Å². The Balaban J connectivity index is 2.33. The van der Waals surface area contributed by atoms with E-state index in [1.54, 1.807) is 18.2 Å². The molecule has 132 valence electrons. The lowest BCUT2D eigenvalue weighted by atomic mass is 10.1. The van der Waals surface area contributed by atoms with Crippen molar-refractivity contribution in [3.05, 3.63) is 23.8 Å². The molecule has 0 saturated carbocycles. The highest BCUT2D eigenvalue weighted by Gasteiger charge is 2.07. The van der Waals surface area contributed by atoms with Gasteiger partial charge in [-0.1, -0.05) is 6.42 Å². The highest BCUT2D eigenvalue weighted by Crippen LogP contribution is 2.21. The number of carboxylic acid groups (broad SMARTS) is 1. The third-order valence-corrected chi connectivity index (χ3v) is 3.29. The Morgan fingerprint density at radius 1 is 1.17 bits per heavy atom. The largest absolute Gasteiger partial charge is 0.482 e. The van der Waals surface area contributed by atoms with E-state index in [2.05, 4.69) is 10.6 Å². The van der Waals surface area contributed by atoms with Crippen molar-refractivity contribution < 1.29 is 24.2 Å². The Kier molecular flexibility index (Phi) is 8.32. The number of anilines is 1. The second-order valence-corrected chi connectivity index (χ2v) is 5.50. The van der Waals surface area contributed by atoms with E-state index in [4.69, 9.17) is 9.84 Å². The van der Waals surface area contributed by atoms with Gasteiger partial charge in [-0.15, -0.1) is 0 Å². The zero-order valence-electron chi connectivity index (χ0n) is 14.1. The first kappa shape index (κ1) is 19.5. The molecule has 0 aliphatic rings. The molecule has 0 aromatic heterocycles. The van der Waals surface area contributed by atoms with Gasteiger partial charge in [0.1, 0.15) is 5.75 Å². The number of hydrogen-bond donors (Lipinski definition) is 3. The molecule has 24 heavy (non-hydrogen) atoms. The summed E-state index contributed by atoms with van der Waals surface area (Å²) in [4.78, 5) is 33.1. The fourth-order valence-electron chi connectivity index (χ4n) is 2.08. The van der Waals surface area contributed by atoms with Crippen LogP contribution in [0.5, 0.6) is 5.75 Å². The fourth-order valence-corrected chi connectivity index (χ4v) is 2.08. The number of ether oxygens (including phenoxy) is 1. The van der Waals surface area contributed by atoms with Gasteiger partial charge >= 0.3 is 5.97 Å². The molecule has 0 aliphatic heterocycles. The molecule has 1 aromatic carbocycles. The molecule has 7 nitrogen and oxygen atoms in total. The van der Waals surface area contributed by atoms with Crippen LogP contribution in [0.3, 0.4) is 0 Å². The Hall–Kier alpha value is -2.57. The number of unbranched alkanes of at least 4 members (excludes halogenated alkanes) is 2. The van der Waals surface area contributed by atoms with E-state index in [1.807, 2.05) is 6.92 Å². The first-order chi connectivity index (χ1) is 11.4. The van der Waals surface area contributed by atoms with Gasteiger partial charge in [0.2, 0.25) is 11.8 Å². The number of carboxylic acids is 1. The molecule has 1 rings (SSSR count). The number of aryl methyl sites for hydroxylation is 1. The van der Waals surface area contributed by atoms with Gasteiger partial charge in [-0.3, -0.25) is 9.59 Å². The van der Waals surface area contributed by atoms with Crippen LogP contribution in [0.2, 0.25) is 0 Å². The van der Waals surface area contributed by atoms with Gasteiger partial charge in [0, 0.05) is 25.6 Å². The molecule has 0 saturated heterocycles. The van der Waals surface area contributed by atoms with Crippen molar-refractivity contribution in [2.24, 2.45) is 0 Å². The van der Waals surface area contributed by atoms with Gasteiger partial charge in [0.25, 0.3) is 0 Å². The number of rotatable bonds is 10. The molecule has 0 bridgehead atoms. The van der Waals surface area contributed by atoms with E-state index in [0.717, 1.165) is 24.8 Å². The SMILES string of the molecule is CC(=O)NCCCCCC(=O)Nc1ccc(OCC(=O)O)cc1C. The van der Waals surface area contributed by atoms with Crippen molar-refractivity contribution in [1.29, 1.82) is 0 Å².